The highest BCUT2D eigenvalue weighted by Gasteiger charge is 2.31. The zero-order valence-electron chi connectivity index (χ0n) is 17.0. The van der Waals surface area contributed by atoms with Crippen LogP contribution in [0.5, 0.6) is 0 Å². The van der Waals surface area contributed by atoms with E-state index in [1.54, 1.807) is 6.07 Å². The van der Waals surface area contributed by atoms with E-state index in [0.717, 1.165) is 43.5 Å². The molecule has 0 unspecified atom stereocenters. The first kappa shape index (κ1) is 19.0. The molecule has 1 aromatic carbocycles. The van der Waals surface area contributed by atoms with E-state index in [0.29, 0.717) is 11.3 Å². The maximum Gasteiger partial charge on any atom is 0.250 e. The highest BCUT2D eigenvalue weighted by molar-refractivity contribution is 5.99. The summed E-state index contributed by atoms with van der Waals surface area (Å²) < 4.78 is 2.02. The number of anilines is 1. The summed E-state index contributed by atoms with van der Waals surface area (Å²) in [6.45, 7) is 6.67. The molecule has 0 saturated heterocycles. The summed E-state index contributed by atoms with van der Waals surface area (Å²) in [6, 6.07) is 5.56. The zero-order chi connectivity index (χ0) is 20.1. The Morgan fingerprint density at radius 3 is 2.82 bits per heavy atom. The highest BCUT2D eigenvalue weighted by Crippen LogP contribution is 2.37. The molecule has 1 amide bonds. The highest BCUT2D eigenvalue weighted by atomic mass is 16.3. The summed E-state index contributed by atoms with van der Waals surface area (Å²) in [5.41, 5.74) is 11.6. The predicted molar refractivity (Wildman–Crippen MR) is 110 cm³/mol. The van der Waals surface area contributed by atoms with Crippen LogP contribution in [0.1, 0.15) is 66.8 Å². The topological polar surface area (TPSA) is 93.2 Å². The minimum atomic E-state index is -0.471. The number of primary amides is 1. The van der Waals surface area contributed by atoms with E-state index in [-0.39, 0.29) is 11.5 Å². The second-order valence-electron chi connectivity index (χ2n) is 9.11. The Hall–Kier alpha value is -2.34. The molecular weight excluding hydrogens is 352 g/mol. The zero-order valence-corrected chi connectivity index (χ0v) is 17.0. The van der Waals surface area contributed by atoms with Crippen molar-refractivity contribution < 1.29 is 9.90 Å². The fourth-order valence-corrected chi connectivity index (χ4v) is 4.64. The number of aryl methyl sites for hydroxylation is 1. The third kappa shape index (κ3) is 3.41. The fourth-order valence-electron chi connectivity index (χ4n) is 4.64. The van der Waals surface area contributed by atoms with Crippen LogP contribution in [0.25, 0.3) is 5.69 Å². The lowest BCUT2D eigenvalue weighted by Gasteiger charge is -2.30. The molecule has 2 aromatic rings. The summed E-state index contributed by atoms with van der Waals surface area (Å²) in [5, 5.41) is 18.4. The molecule has 6 heteroatoms. The number of aliphatic hydroxyl groups excluding tert-OH is 1. The van der Waals surface area contributed by atoms with Crippen LogP contribution >= 0.6 is 0 Å². The van der Waals surface area contributed by atoms with Crippen LogP contribution in [0.15, 0.2) is 18.2 Å². The van der Waals surface area contributed by atoms with Crippen LogP contribution in [0.3, 0.4) is 0 Å². The van der Waals surface area contributed by atoms with E-state index in [9.17, 15) is 9.90 Å². The molecule has 0 aliphatic heterocycles. The van der Waals surface area contributed by atoms with Gasteiger partial charge in [-0.1, -0.05) is 13.8 Å². The Kier molecular flexibility index (Phi) is 4.70. The number of carbonyl (C=O) groups is 1. The van der Waals surface area contributed by atoms with Gasteiger partial charge in [-0.3, -0.25) is 4.79 Å². The van der Waals surface area contributed by atoms with Crippen molar-refractivity contribution >= 4 is 11.6 Å². The normalized spacial score (nSPS) is 23.4. The lowest BCUT2D eigenvalue weighted by atomic mass is 9.76. The molecule has 1 heterocycles. The van der Waals surface area contributed by atoms with Gasteiger partial charge in [0.2, 0.25) is 0 Å². The van der Waals surface area contributed by atoms with Crippen molar-refractivity contribution in [3.05, 3.63) is 40.7 Å². The Morgan fingerprint density at radius 2 is 2.14 bits per heavy atom. The van der Waals surface area contributed by atoms with Gasteiger partial charge in [0.05, 0.1) is 29.1 Å². The van der Waals surface area contributed by atoms with Crippen molar-refractivity contribution in [1.82, 2.24) is 9.78 Å². The SMILES string of the molecule is Cc1nn(-c2ccc(C(N)=O)c(N[C@H]3CCC[C@@H]3O)c2)c2c1CCC(C)(C)C2. The monoisotopic (exact) mass is 382 g/mol. The summed E-state index contributed by atoms with van der Waals surface area (Å²) in [7, 11) is 0. The first-order chi connectivity index (χ1) is 13.2. The van der Waals surface area contributed by atoms with Crippen LogP contribution in [-0.4, -0.2) is 32.9 Å². The van der Waals surface area contributed by atoms with E-state index >= 15 is 0 Å². The molecule has 4 rings (SSSR count). The second kappa shape index (κ2) is 6.92. The lowest BCUT2D eigenvalue weighted by Crippen LogP contribution is -2.29. The molecule has 1 fully saturated rings. The van der Waals surface area contributed by atoms with Crippen molar-refractivity contribution in [3.8, 4) is 5.69 Å². The minimum absolute atomic E-state index is 0.0550. The number of carbonyl (C=O) groups excluding carboxylic acids is 1. The van der Waals surface area contributed by atoms with Gasteiger partial charge in [-0.25, -0.2) is 4.68 Å². The lowest BCUT2D eigenvalue weighted by molar-refractivity contribution is 0.100. The smallest absolute Gasteiger partial charge is 0.250 e. The number of hydrogen-bond donors (Lipinski definition) is 3. The number of nitrogens with zero attached hydrogens (tertiary/aromatic N) is 2. The van der Waals surface area contributed by atoms with Crippen LogP contribution < -0.4 is 11.1 Å². The van der Waals surface area contributed by atoms with E-state index in [1.165, 1.54) is 17.7 Å². The van der Waals surface area contributed by atoms with Crippen LogP contribution in [0.4, 0.5) is 5.69 Å². The van der Waals surface area contributed by atoms with Gasteiger partial charge in [0, 0.05) is 11.4 Å². The number of fused-ring (bicyclic) bond motifs is 1. The molecule has 2 atom stereocenters. The van der Waals surface area contributed by atoms with Crippen LogP contribution in [0, 0.1) is 12.3 Å². The van der Waals surface area contributed by atoms with E-state index in [2.05, 4.69) is 26.1 Å². The molecule has 2 aliphatic rings. The van der Waals surface area contributed by atoms with Gasteiger partial charge in [0.25, 0.3) is 5.91 Å². The van der Waals surface area contributed by atoms with E-state index in [1.807, 2.05) is 16.8 Å². The number of benzene rings is 1. The summed E-state index contributed by atoms with van der Waals surface area (Å²) >= 11 is 0. The molecule has 0 bridgehead atoms. The Labute approximate surface area is 166 Å². The number of nitrogens with one attached hydrogen (secondary N) is 1. The predicted octanol–water partition coefficient (Wildman–Crippen LogP) is 3.12. The molecule has 0 spiro atoms. The standard InChI is InChI=1S/C22H30N4O2/c1-13-15-9-10-22(2,3)12-19(15)26(25-13)14-7-8-16(21(23)28)18(11-14)24-17-5-4-6-20(17)27/h7-8,11,17,20,24,27H,4-6,9-10,12H2,1-3H3,(H2,23,28)/t17-,20-/m0/s1. The number of nitrogens with two attached hydrogens (primary N) is 1. The molecule has 1 saturated carbocycles. The minimum Gasteiger partial charge on any atom is -0.391 e. The third-order valence-corrected chi connectivity index (χ3v) is 6.32. The number of rotatable bonds is 4. The maximum absolute atomic E-state index is 11.9. The largest absolute Gasteiger partial charge is 0.391 e. The van der Waals surface area contributed by atoms with Crippen molar-refractivity contribution in [1.29, 1.82) is 0 Å². The van der Waals surface area contributed by atoms with Crippen molar-refractivity contribution in [2.24, 2.45) is 11.1 Å². The van der Waals surface area contributed by atoms with E-state index in [4.69, 9.17) is 10.8 Å². The molecule has 150 valence electrons. The Morgan fingerprint density at radius 1 is 1.36 bits per heavy atom. The van der Waals surface area contributed by atoms with E-state index < -0.39 is 12.0 Å². The second-order valence-corrected chi connectivity index (χ2v) is 9.11. The third-order valence-electron chi connectivity index (χ3n) is 6.32. The van der Waals surface area contributed by atoms with Gasteiger partial charge in [-0.2, -0.15) is 5.10 Å². The summed E-state index contributed by atoms with van der Waals surface area (Å²) in [5.74, 6) is -0.471. The van der Waals surface area contributed by atoms with Gasteiger partial charge in [-0.15, -0.1) is 0 Å². The van der Waals surface area contributed by atoms with Gasteiger partial charge < -0.3 is 16.2 Å². The molecule has 4 N–H and O–H groups in total. The molecule has 0 radical (unpaired) electrons. The average Bonchev–Trinajstić information content (AvgIpc) is 3.17. The van der Waals surface area contributed by atoms with Crippen molar-refractivity contribution in [3.63, 3.8) is 0 Å². The van der Waals surface area contributed by atoms with Crippen LogP contribution in [-0.2, 0) is 12.8 Å². The molecule has 6 nitrogen and oxygen atoms in total. The Balaban J connectivity index is 1.75. The van der Waals surface area contributed by atoms with Crippen molar-refractivity contribution in [2.75, 3.05) is 5.32 Å². The fraction of sp³-hybridized carbons (Fsp3) is 0.545. The number of aliphatic hydroxyl groups is 1. The molecule has 28 heavy (non-hydrogen) atoms. The maximum atomic E-state index is 11.9. The Bertz CT molecular complexity index is 916. The average molecular weight is 383 g/mol. The van der Waals surface area contributed by atoms with Gasteiger partial charge in [-0.05, 0) is 74.6 Å². The van der Waals surface area contributed by atoms with Gasteiger partial charge in [0.15, 0.2) is 0 Å². The first-order valence-electron chi connectivity index (χ1n) is 10.2. The first-order valence-corrected chi connectivity index (χ1v) is 10.2. The summed E-state index contributed by atoms with van der Waals surface area (Å²) in [6.07, 6.45) is 5.44. The van der Waals surface area contributed by atoms with Gasteiger partial charge in [0.1, 0.15) is 0 Å². The molecular formula is C22H30N4O2. The number of hydrogen-bond acceptors (Lipinski definition) is 4. The molecule has 2 aliphatic carbocycles. The molecule has 1 aromatic heterocycles. The number of aromatic nitrogens is 2. The number of amides is 1. The van der Waals surface area contributed by atoms with Crippen molar-refractivity contribution in [2.45, 2.75) is 71.4 Å². The summed E-state index contributed by atoms with van der Waals surface area (Å²) in [4.78, 5) is 11.9. The van der Waals surface area contributed by atoms with Crippen LogP contribution in [0.2, 0.25) is 0 Å². The quantitative estimate of drug-likeness (QED) is 0.757. The van der Waals surface area contributed by atoms with Gasteiger partial charge >= 0.3 is 0 Å².